The average molecular weight is 286 g/mol. The molecule has 1 aromatic rings. The van der Waals surface area contributed by atoms with Crippen LogP contribution in [0.1, 0.15) is 57.4 Å². The number of nitrogens with zero attached hydrogens (tertiary/aromatic N) is 1. The summed E-state index contributed by atoms with van der Waals surface area (Å²) < 4.78 is 0. The molecular weight excluding hydrogens is 256 g/mol. The van der Waals surface area contributed by atoms with Gasteiger partial charge >= 0.3 is 0 Å². The fourth-order valence-corrected chi connectivity index (χ4v) is 3.88. The summed E-state index contributed by atoms with van der Waals surface area (Å²) in [6.07, 6.45) is 9.85. The predicted octanol–water partition coefficient (Wildman–Crippen LogP) is 4.35. The van der Waals surface area contributed by atoms with Crippen LogP contribution in [0.2, 0.25) is 0 Å². The number of hydrogen-bond donors (Lipinski definition) is 1. The first-order valence-corrected chi connectivity index (χ1v) is 8.90. The van der Waals surface area contributed by atoms with Gasteiger partial charge in [-0.05, 0) is 56.2 Å². The van der Waals surface area contributed by atoms with Crippen LogP contribution in [0.4, 0.5) is 5.69 Å². The minimum Gasteiger partial charge on any atom is -0.372 e. The largest absolute Gasteiger partial charge is 0.372 e. The molecule has 1 aliphatic carbocycles. The molecule has 1 saturated heterocycles. The zero-order valence-electron chi connectivity index (χ0n) is 13.5. The van der Waals surface area contributed by atoms with Gasteiger partial charge in [0.1, 0.15) is 0 Å². The molecule has 1 aromatic carbocycles. The lowest BCUT2D eigenvalue weighted by Gasteiger charge is -2.28. The molecule has 1 heterocycles. The normalized spacial score (nSPS) is 21.7. The zero-order chi connectivity index (χ0) is 14.5. The first kappa shape index (κ1) is 14.9. The molecule has 21 heavy (non-hydrogen) atoms. The standard InChI is InChI=1S/C19H30N2/c1-16(18-7-3-2-4-8-18)20-15-17-9-11-19(12-10-17)21-13-5-6-14-21/h9-12,16,18,20H,2-8,13-15H2,1H3. The predicted molar refractivity (Wildman–Crippen MR) is 90.8 cm³/mol. The summed E-state index contributed by atoms with van der Waals surface area (Å²) in [5, 5.41) is 3.74. The smallest absolute Gasteiger partial charge is 0.0366 e. The quantitative estimate of drug-likeness (QED) is 0.866. The van der Waals surface area contributed by atoms with Crippen LogP contribution in [-0.2, 0) is 6.54 Å². The third-order valence-electron chi connectivity index (χ3n) is 5.39. The molecule has 1 N–H and O–H groups in total. The summed E-state index contributed by atoms with van der Waals surface area (Å²) in [5.74, 6) is 0.891. The Morgan fingerprint density at radius 2 is 1.67 bits per heavy atom. The van der Waals surface area contributed by atoms with Gasteiger partial charge in [-0.25, -0.2) is 0 Å². The van der Waals surface area contributed by atoms with Gasteiger partial charge in [0.25, 0.3) is 0 Å². The van der Waals surface area contributed by atoms with Gasteiger partial charge in [0, 0.05) is 31.4 Å². The Balaban J connectivity index is 1.48. The van der Waals surface area contributed by atoms with Crippen molar-refractivity contribution in [1.82, 2.24) is 5.32 Å². The van der Waals surface area contributed by atoms with Crippen LogP contribution < -0.4 is 10.2 Å². The van der Waals surface area contributed by atoms with Gasteiger partial charge in [0.2, 0.25) is 0 Å². The van der Waals surface area contributed by atoms with Crippen LogP contribution in [0.15, 0.2) is 24.3 Å². The Hall–Kier alpha value is -1.02. The number of anilines is 1. The molecule has 0 radical (unpaired) electrons. The molecule has 3 rings (SSSR count). The lowest BCUT2D eigenvalue weighted by atomic mass is 9.84. The number of hydrogen-bond acceptors (Lipinski definition) is 2. The third kappa shape index (κ3) is 4.00. The van der Waals surface area contributed by atoms with Gasteiger partial charge in [-0.3, -0.25) is 0 Å². The van der Waals surface area contributed by atoms with E-state index in [2.05, 4.69) is 41.4 Å². The van der Waals surface area contributed by atoms with E-state index in [0.29, 0.717) is 6.04 Å². The Morgan fingerprint density at radius 1 is 1.00 bits per heavy atom. The molecule has 116 valence electrons. The highest BCUT2D eigenvalue weighted by Gasteiger charge is 2.19. The second kappa shape index (κ2) is 7.31. The van der Waals surface area contributed by atoms with Gasteiger partial charge in [0.15, 0.2) is 0 Å². The Bertz CT molecular complexity index is 414. The van der Waals surface area contributed by atoms with Crippen molar-refractivity contribution in [3.05, 3.63) is 29.8 Å². The topological polar surface area (TPSA) is 15.3 Å². The van der Waals surface area contributed by atoms with E-state index in [1.165, 1.54) is 69.3 Å². The van der Waals surface area contributed by atoms with E-state index in [4.69, 9.17) is 0 Å². The summed E-state index contributed by atoms with van der Waals surface area (Å²) in [5.41, 5.74) is 2.82. The maximum absolute atomic E-state index is 3.74. The van der Waals surface area contributed by atoms with Crippen LogP contribution in [0.5, 0.6) is 0 Å². The molecule has 1 unspecified atom stereocenters. The van der Waals surface area contributed by atoms with E-state index in [0.717, 1.165) is 12.5 Å². The molecule has 2 nitrogen and oxygen atoms in total. The Morgan fingerprint density at radius 3 is 2.33 bits per heavy atom. The minimum absolute atomic E-state index is 0.656. The lowest BCUT2D eigenvalue weighted by Crippen LogP contribution is -2.34. The van der Waals surface area contributed by atoms with Gasteiger partial charge < -0.3 is 10.2 Å². The van der Waals surface area contributed by atoms with Crippen LogP contribution >= 0.6 is 0 Å². The summed E-state index contributed by atoms with van der Waals surface area (Å²) in [7, 11) is 0. The van der Waals surface area contributed by atoms with Crippen molar-refractivity contribution >= 4 is 5.69 Å². The number of benzene rings is 1. The molecule has 2 fully saturated rings. The highest BCUT2D eigenvalue weighted by atomic mass is 15.1. The maximum atomic E-state index is 3.74. The fraction of sp³-hybridized carbons (Fsp3) is 0.684. The molecule has 1 aliphatic heterocycles. The van der Waals surface area contributed by atoms with Crippen LogP contribution in [-0.4, -0.2) is 19.1 Å². The summed E-state index contributed by atoms with van der Waals surface area (Å²) in [4.78, 5) is 2.50. The van der Waals surface area contributed by atoms with Crippen LogP contribution in [0.3, 0.4) is 0 Å². The highest BCUT2D eigenvalue weighted by molar-refractivity contribution is 5.48. The molecule has 2 heteroatoms. The monoisotopic (exact) mass is 286 g/mol. The van der Waals surface area contributed by atoms with Crippen molar-refractivity contribution < 1.29 is 0 Å². The second-order valence-electron chi connectivity index (χ2n) is 6.93. The Labute approximate surface area is 129 Å². The molecule has 1 saturated carbocycles. The number of rotatable bonds is 5. The zero-order valence-corrected chi connectivity index (χ0v) is 13.5. The van der Waals surface area contributed by atoms with Gasteiger partial charge in [-0.1, -0.05) is 31.4 Å². The van der Waals surface area contributed by atoms with Crippen molar-refractivity contribution in [3.63, 3.8) is 0 Å². The van der Waals surface area contributed by atoms with Crippen molar-refractivity contribution in [1.29, 1.82) is 0 Å². The summed E-state index contributed by atoms with van der Waals surface area (Å²) >= 11 is 0. The molecular formula is C19H30N2. The average Bonchev–Trinajstić information content (AvgIpc) is 3.08. The van der Waals surface area contributed by atoms with Crippen molar-refractivity contribution in [3.8, 4) is 0 Å². The lowest BCUT2D eigenvalue weighted by molar-refractivity contribution is 0.280. The first-order valence-electron chi connectivity index (χ1n) is 8.90. The van der Waals surface area contributed by atoms with Crippen LogP contribution in [0.25, 0.3) is 0 Å². The van der Waals surface area contributed by atoms with Crippen molar-refractivity contribution in [2.45, 2.75) is 64.5 Å². The second-order valence-corrected chi connectivity index (χ2v) is 6.93. The molecule has 0 spiro atoms. The van der Waals surface area contributed by atoms with E-state index < -0.39 is 0 Å². The molecule has 1 atom stereocenters. The Kier molecular flexibility index (Phi) is 5.18. The SMILES string of the molecule is CC(NCc1ccc(N2CCCC2)cc1)C1CCCCC1. The fourth-order valence-electron chi connectivity index (χ4n) is 3.88. The van der Waals surface area contributed by atoms with Gasteiger partial charge in [-0.2, -0.15) is 0 Å². The molecule has 0 bridgehead atoms. The van der Waals surface area contributed by atoms with Crippen molar-refractivity contribution in [2.24, 2.45) is 5.92 Å². The molecule has 2 aliphatic rings. The van der Waals surface area contributed by atoms with E-state index in [1.54, 1.807) is 0 Å². The maximum Gasteiger partial charge on any atom is 0.0366 e. The van der Waals surface area contributed by atoms with Crippen LogP contribution in [0, 0.1) is 5.92 Å². The highest BCUT2D eigenvalue weighted by Crippen LogP contribution is 2.26. The van der Waals surface area contributed by atoms with E-state index >= 15 is 0 Å². The molecule has 0 amide bonds. The van der Waals surface area contributed by atoms with E-state index in [1.807, 2.05) is 0 Å². The third-order valence-corrected chi connectivity index (χ3v) is 5.39. The van der Waals surface area contributed by atoms with E-state index in [9.17, 15) is 0 Å². The first-order chi connectivity index (χ1) is 10.3. The summed E-state index contributed by atoms with van der Waals surface area (Å²) in [6.45, 7) is 5.85. The van der Waals surface area contributed by atoms with Gasteiger partial charge in [-0.15, -0.1) is 0 Å². The summed E-state index contributed by atoms with van der Waals surface area (Å²) in [6, 6.07) is 9.85. The van der Waals surface area contributed by atoms with Crippen molar-refractivity contribution in [2.75, 3.05) is 18.0 Å². The number of nitrogens with one attached hydrogen (secondary N) is 1. The molecule has 0 aromatic heterocycles. The van der Waals surface area contributed by atoms with Gasteiger partial charge in [0.05, 0.1) is 0 Å². The van der Waals surface area contributed by atoms with E-state index in [-0.39, 0.29) is 0 Å². The minimum atomic E-state index is 0.656.